The number of amides is 3. The van der Waals surface area contributed by atoms with E-state index in [9.17, 15) is 9.59 Å². The average molecular weight is 373 g/mol. The lowest BCUT2D eigenvalue weighted by Gasteiger charge is -2.12. The van der Waals surface area contributed by atoms with Crippen molar-refractivity contribution in [2.24, 2.45) is 0 Å². The monoisotopic (exact) mass is 373 g/mol. The molecule has 28 heavy (non-hydrogen) atoms. The number of fused-ring (bicyclic) bond motifs is 1. The third kappa shape index (κ3) is 3.20. The van der Waals surface area contributed by atoms with Gasteiger partial charge in [-0.2, -0.15) is 0 Å². The smallest absolute Gasteiger partial charge is 0.329 e. The first-order valence-electron chi connectivity index (χ1n) is 9.43. The van der Waals surface area contributed by atoms with Crippen LogP contribution in [0.4, 0.5) is 4.79 Å². The molecule has 1 saturated heterocycles. The molecule has 3 aromatic rings. The minimum Gasteiger partial charge on any atom is -0.344 e. The Kier molecular flexibility index (Phi) is 4.51. The molecule has 0 radical (unpaired) electrons. The lowest BCUT2D eigenvalue weighted by atomic mass is 10.1. The standard InChI is InChI=1S/C23H23N3O2/c1-15(2)25-14-18(19-9-4-5-10-21(19)25)12-20-22(27)26(23(28)24-20)13-17-8-6-7-16(3)11-17/h4-12,14-15H,13H2,1-3H3,(H,24,28). The fourth-order valence-electron chi connectivity index (χ4n) is 3.64. The summed E-state index contributed by atoms with van der Waals surface area (Å²) in [7, 11) is 0. The van der Waals surface area contributed by atoms with E-state index in [1.807, 2.05) is 55.6 Å². The van der Waals surface area contributed by atoms with E-state index in [2.05, 4.69) is 29.8 Å². The highest BCUT2D eigenvalue weighted by Crippen LogP contribution is 2.27. The maximum Gasteiger partial charge on any atom is 0.329 e. The molecule has 0 spiro atoms. The van der Waals surface area contributed by atoms with Crippen LogP contribution in [0.25, 0.3) is 17.0 Å². The minimum atomic E-state index is -0.384. The van der Waals surface area contributed by atoms with Crippen molar-refractivity contribution >= 4 is 28.9 Å². The Labute approximate surface area is 164 Å². The molecule has 0 saturated carbocycles. The van der Waals surface area contributed by atoms with E-state index < -0.39 is 0 Å². The van der Waals surface area contributed by atoms with Crippen molar-refractivity contribution in [2.75, 3.05) is 0 Å². The quantitative estimate of drug-likeness (QED) is 0.536. The van der Waals surface area contributed by atoms with E-state index in [4.69, 9.17) is 0 Å². The predicted molar refractivity (Wildman–Crippen MR) is 111 cm³/mol. The second kappa shape index (κ2) is 7.00. The molecule has 4 rings (SSSR count). The molecule has 5 heteroatoms. The van der Waals surface area contributed by atoms with Gasteiger partial charge >= 0.3 is 6.03 Å². The van der Waals surface area contributed by atoms with Crippen molar-refractivity contribution in [2.45, 2.75) is 33.4 Å². The van der Waals surface area contributed by atoms with E-state index in [1.54, 1.807) is 6.08 Å². The van der Waals surface area contributed by atoms with Crippen LogP contribution in [-0.4, -0.2) is 21.4 Å². The number of aryl methyl sites for hydroxylation is 1. The normalized spacial score (nSPS) is 15.9. The zero-order valence-corrected chi connectivity index (χ0v) is 16.3. The lowest BCUT2D eigenvalue weighted by molar-refractivity contribution is -0.123. The summed E-state index contributed by atoms with van der Waals surface area (Å²) in [4.78, 5) is 26.5. The summed E-state index contributed by atoms with van der Waals surface area (Å²) in [5, 5.41) is 3.79. The first kappa shape index (κ1) is 18.0. The molecule has 0 aliphatic carbocycles. The minimum absolute atomic E-state index is 0.261. The fraction of sp³-hybridized carbons (Fsp3) is 0.217. The molecule has 2 heterocycles. The van der Waals surface area contributed by atoms with Gasteiger partial charge < -0.3 is 9.88 Å². The van der Waals surface area contributed by atoms with Gasteiger partial charge in [0.2, 0.25) is 0 Å². The number of para-hydroxylation sites is 1. The van der Waals surface area contributed by atoms with Crippen molar-refractivity contribution in [1.29, 1.82) is 0 Å². The molecule has 0 bridgehead atoms. The number of hydrogen-bond donors (Lipinski definition) is 1. The van der Waals surface area contributed by atoms with E-state index in [-0.39, 0.29) is 18.5 Å². The summed E-state index contributed by atoms with van der Waals surface area (Å²) >= 11 is 0. The zero-order valence-electron chi connectivity index (χ0n) is 16.3. The molecule has 5 nitrogen and oxygen atoms in total. The number of carbonyl (C=O) groups excluding carboxylic acids is 2. The number of hydrogen-bond acceptors (Lipinski definition) is 2. The molecule has 3 amide bonds. The van der Waals surface area contributed by atoms with Crippen LogP contribution in [0.15, 0.2) is 60.4 Å². The highest BCUT2D eigenvalue weighted by molar-refractivity contribution is 6.14. The van der Waals surface area contributed by atoms with Crippen molar-refractivity contribution in [3.63, 3.8) is 0 Å². The lowest BCUT2D eigenvalue weighted by Crippen LogP contribution is -2.30. The van der Waals surface area contributed by atoms with Gasteiger partial charge in [-0.25, -0.2) is 4.79 Å². The van der Waals surface area contributed by atoms with Crippen molar-refractivity contribution in [3.05, 3.63) is 77.1 Å². The maximum atomic E-state index is 12.9. The molecular weight excluding hydrogens is 350 g/mol. The summed E-state index contributed by atoms with van der Waals surface area (Å²) in [6.45, 7) is 6.49. The maximum absolute atomic E-state index is 12.9. The van der Waals surface area contributed by atoms with E-state index in [0.717, 1.165) is 27.6 Å². The summed E-state index contributed by atoms with van der Waals surface area (Å²) < 4.78 is 2.17. The number of nitrogens with one attached hydrogen (secondary N) is 1. The summed E-state index contributed by atoms with van der Waals surface area (Å²) in [6, 6.07) is 15.8. The van der Waals surface area contributed by atoms with Crippen LogP contribution in [0.1, 0.15) is 36.6 Å². The Bertz CT molecular complexity index is 1110. The van der Waals surface area contributed by atoms with Crippen LogP contribution in [-0.2, 0) is 11.3 Å². The Morgan fingerprint density at radius 2 is 1.86 bits per heavy atom. The second-order valence-corrected chi connectivity index (χ2v) is 7.47. The van der Waals surface area contributed by atoms with Gasteiger partial charge in [0.15, 0.2) is 0 Å². The summed E-state index contributed by atoms with van der Waals surface area (Å²) in [5.74, 6) is -0.298. The van der Waals surface area contributed by atoms with Crippen LogP contribution < -0.4 is 5.32 Å². The topological polar surface area (TPSA) is 54.3 Å². The van der Waals surface area contributed by atoms with Crippen molar-refractivity contribution in [3.8, 4) is 0 Å². The van der Waals surface area contributed by atoms with Crippen LogP contribution in [0.3, 0.4) is 0 Å². The Morgan fingerprint density at radius 1 is 1.07 bits per heavy atom. The van der Waals surface area contributed by atoms with Crippen LogP contribution >= 0.6 is 0 Å². The van der Waals surface area contributed by atoms with Gasteiger partial charge in [-0.1, -0.05) is 48.0 Å². The molecule has 1 aromatic heterocycles. The van der Waals surface area contributed by atoms with Crippen molar-refractivity contribution < 1.29 is 9.59 Å². The molecule has 1 aliphatic heterocycles. The average Bonchev–Trinajstić information content (AvgIpc) is 3.15. The van der Waals surface area contributed by atoms with Crippen LogP contribution in [0, 0.1) is 6.92 Å². The van der Waals surface area contributed by atoms with E-state index in [0.29, 0.717) is 11.7 Å². The SMILES string of the molecule is Cc1cccc(CN2C(=O)NC(=Cc3cn(C(C)C)c4ccccc34)C2=O)c1. The Hall–Kier alpha value is -3.34. The number of urea groups is 1. The van der Waals surface area contributed by atoms with Crippen molar-refractivity contribution in [1.82, 2.24) is 14.8 Å². The molecule has 142 valence electrons. The largest absolute Gasteiger partial charge is 0.344 e. The van der Waals surface area contributed by atoms with Crippen LogP contribution in [0.2, 0.25) is 0 Å². The molecule has 1 fully saturated rings. The summed E-state index contributed by atoms with van der Waals surface area (Å²) in [6.07, 6.45) is 3.81. The molecule has 0 unspecified atom stereocenters. The van der Waals surface area contributed by atoms with Gasteiger partial charge in [0.05, 0.1) is 6.54 Å². The first-order chi connectivity index (χ1) is 13.4. The van der Waals surface area contributed by atoms with E-state index >= 15 is 0 Å². The molecule has 2 aromatic carbocycles. The van der Waals surface area contributed by atoms with Gasteiger partial charge in [0.25, 0.3) is 5.91 Å². The number of aromatic nitrogens is 1. The highest BCUT2D eigenvalue weighted by Gasteiger charge is 2.33. The number of rotatable bonds is 4. The molecule has 1 aliphatic rings. The Morgan fingerprint density at radius 3 is 2.61 bits per heavy atom. The van der Waals surface area contributed by atoms with Gasteiger partial charge in [-0.15, -0.1) is 0 Å². The summed E-state index contributed by atoms with van der Waals surface area (Å²) in [5.41, 5.74) is 4.37. The van der Waals surface area contributed by atoms with E-state index in [1.165, 1.54) is 4.90 Å². The Balaban J connectivity index is 1.67. The predicted octanol–water partition coefficient (Wildman–Crippen LogP) is 4.62. The number of nitrogens with zero attached hydrogens (tertiary/aromatic N) is 2. The molecular formula is C23H23N3O2. The fourth-order valence-corrected chi connectivity index (χ4v) is 3.64. The number of benzene rings is 2. The third-order valence-electron chi connectivity index (χ3n) is 5.01. The first-order valence-corrected chi connectivity index (χ1v) is 9.43. The second-order valence-electron chi connectivity index (χ2n) is 7.47. The molecule has 1 N–H and O–H groups in total. The van der Waals surface area contributed by atoms with Gasteiger partial charge in [0, 0.05) is 28.7 Å². The van der Waals surface area contributed by atoms with Gasteiger partial charge in [-0.3, -0.25) is 9.69 Å². The van der Waals surface area contributed by atoms with Gasteiger partial charge in [0.1, 0.15) is 5.70 Å². The zero-order chi connectivity index (χ0) is 19.8. The number of carbonyl (C=O) groups is 2. The van der Waals surface area contributed by atoms with Crippen LogP contribution in [0.5, 0.6) is 0 Å². The third-order valence-corrected chi connectivity index (χ3v) is 5.01. The number of imide groups is 1. The van der Waals surface area contributed by atoms with Gasteiger partial charge in [-0.05, 0) is 38.5 Å². The molecule has 0 atom stereocenters. The highest BCUT2D eigenvalue weighted by atomic mass is 16.2.